The van der Waals surface area contributed by atoms with Crippen molar-refractivity contribution in [2.45, 2.75) is 13.0 Å². The van der Waals surface area contributed by atoms with Crippen LogP contribution in [0.25, 0.3) is 0 Å². The Bertz CT molecular complexity index is 517. The van der Waals surface area contributed by atoms with Gasteiger partial charge in [0.25, 0.3) is 0 Å². The first-order chi connectivity index (χ1) is 8.63. The van der Waals surface area contributed by atoms with Crippen LogP contribution in [0.4, 0.5) is 8.78 Å². The summed E-state index contributed by atoms with van der Waals surface area (Å²) in [4.78, 5) is 0. The summed E-state index contributed by atoms with van der Waals surface area (Å²) in [6.45, 7) is 2.50. The van der Waals surface area contributed by atoms with Crippen LogP contribution in [-0.4, -0.2) is 16.3 Å². The van der Waals surface area contributed by atoms with Crippen LogP contribution in [0.2, 0.25) is 0 Å². The first-order valence-corrected chi connectivity index (χ1v) is 5.79. The number of rotatable bonds is 4. The molecule has 0 amide bonds. The van der Waals surface area contributed by atoms with Crippen LogP contribution in [0.1, 0.15) is 24.1 Å². The van der Waals surface area contributed by atoms with E-state index in [4.69, 9.17) is 0 Å². The van der Waals surface area contributed by atoms with Gasteiger partial charge in [-0.2, -0.15) is 5.10 Å². The molecule has 96 valence electrons. The van der Waals surface area contributed by atoms with Gasteiger partial charge >= 0.3 is 0 Å². The van der Waals surface area contributed by atoms with E-state index in [1.807, 2.05) is 6.92 Å². The van der Waals surface area contributed by atoms with E-state index in [9.17, 15) is 8.78 Å². The van der Waals surface area contributed by atoms with Crippen molar-refractivity contribution in [3.63, 3.8) is 0 Å². The second kappa shape index (κ2) is 5.27. The van der Waals surface area contributed by atoms with Gasteiger partial charge in [-0.1, -0.05) is 13.0 Å². The average Bonchev–Trinajstić information content (AvgIpc) is 2.74. The lowest BCUT2D eigenvalue weighted by Gasteiger charge is -2.18. The molecule has 1 heterocycles. The van der Waals surface area contributed by atoms with Crippen molar-refractivity contribution in [1.82, 2.24) is 15.1 Å². The highest BCUT2D eigenvalue weighted by Gasteiger charge is 2.22. The third kappa shape index (κ3) is 2.41. The third-order valence-corrected chi connectivity index (χ3v) is 2.75. The van der Waals surface area contributed by atoms with Crippen molar-refractivity contribution in [3.8, 4) is 0 Å². The Morgan fingerprint density at radius 2 is 2.00 bits per heavy atom. The second-order valence-corrected chi connectivity index (χ2v) is 4.07. The number of halogens is 2. The van der Waals surface area contributed by atoms with Gasteiger partial charge in [-0.05, 0) is 18.7 Å². The minimum absolute atomic E-state index is 0.0346. The van der Waals surface area contributed by atoms with Crippen LogP contribution in [0.5, 0.6) is 0 Å². The van der Waals surface area contributed by atoms with Gasteiger partial charge in [0.1, 0.15) is 11.6 Å². The SMILES string of the molecule is CCNC(c1cnn(C)c1)c1c(F)cccc1F. The molecular weight excluding hydrogens is 236 g/mol. The van der Waals surface area contributed by atoms with Crippen LogP contribution in [0.3, 0.4) is 0 Å². The Morgan fingerprint density at radius 3 is 2.50 bits per heavy atom. The number of aryl methyl sites for hydroxylation is 1. The zero-order valence-corrected chi connectivity index (χ0v) is 10.3. The van der Waals surface area contributed by atoms with E-state index in [2.05, 4.69) is 10.4 Å². The second-order valence-electron chi connectivity index (χ2n) is 4.07. The molecule has 2 aromatic rings. The van der Waals surface area contributed by atoms with E-state index < -0.39 is 17.7 Å². The topological polar surface area (TPSA) is 29.9 Å². The van der Waals surface area contributed by atoms with Gasteiger partial charge in [0.2, 0.25) is 0 Å². The van der Waals surface area contributed by atoms with Crippen molar-refractivity contribution in [2.24, 2.45) is 7.05 Å². The molecule has 0 saturated heterocycles. The Hall–Kier alpha value is -1.75. The first kappa shape index (κ1) is 12.7. The van der Waals surface area contributed by atoms with Crippen LogP contribution in [-0.2, 0) is 7.05 Å². The van der Waals surface area contributed by atoms with Crippen molar-refractivity contribution in [1.29, 1.82) is 0 Å². The average molecular weight is 251 g/mol. The maximum atomic E-state index is 13.8. The molecule has 0 radical (unpaired) electrons. The molecule has 0 saturated carbocycles. The zero-order chi connectivity index (χ0) is 13.1. The molecule has 2 rings (SSSR count). The fourth-order valence-corrected chi connectivity index (χ4v) is 1.97. The highest BCUT2D eigenvalue weighted by atomic mass is 19.1. The van der Waals surface area contributed by atoms with Gasteiger partial charge in [-0.3, -0.25) is 4.68 Å². The van der Waals surface area contributed by atoms with Crippen LogP contribution in [0.15, 0.2) is 30.6 Å². The molecule has 0 bridgehead atoms. The highest BCUT2D eigenvalue weighted by molar-refractivity contribution is 5.31. The fourth-order valence-electron chi connectivity index (χ4n) is 1.97. The van der Waals surface area contributed by atoms with E-state index in [0.717, 1.165) is 5.56 Å². The standard InChI is InChI=1S/C13H15F2N3/c1-3-16-13(9-7-17-18(2)8-9)12-10(14)5-4-6-11(12)15/h4-8,13,16H,3H2,1-2H3. The summed E-state index contributed by atoms with van der Waals surface area (Å²) in [6.07, 6.45) is 3.36. The molecule has 5 heteroatoms. The minimum Gasteiger partial charge on any atom is -0.306 e. The molecule has 0 aliphatic heterocycles. The monoisotopic (exact) mass is 251 g/mol. The zero-order valence-electron chi connectivity index (χ0n) is 10.3. The largest absolute Gasteiger partial charge is 0.306 e. The van der Waals surface area contributed by atoms with Crippen molar-refractivity contribution < 1.29 is 8.78 Å². The summed E-state index contributed by atoms with van der Waals surface area (Å²) in [6, 6.07) is 3.36. The smallest absolute Gasteiger partial charge is 0.131 e. The molecule has 1 aromatic heterocycles. The quantitative estimate of drug-likeness (QED) is 0.904. The molecule has 1 N–H and O–H groups in total. The van der Waals surface area contributed by atoms with Gasteiger partial charge < -0.3 is 5.32 Å². The molecule has 1 aromatic carbocycles. The van der Waals surface area contributed by atoms with E-state index in [1.165, 1.54) is 18.2 Å². The van der Waals surface area contributed by atoms with Gasteiger partial charge in [0.05, 0.1) is 12.2 Å². The molecule has 3 nitrogen and oxygen atoms in total. The lowest BCUT2D eigenvalue weighted by atomic mass is 10.0. The maximum Gasteiger partial charge on any atom is 0.131 e. The Kier molecular flexibility index (Phi) is 3.72. The molecule has 0 aliphatic carbocycles. The Morgan fingerprint density at radius 1 is 1.33 bits per heavy atom. The fraction of sp³-hybridized carbons (Fsp3) is 0.308. The predicted octanol–water partition coefficient (Wildman–Crippen LogP) is 2.40. The maximum absolute atomic E-state index is 13.8. The normalized spacial score (nSPS) is 12.7. The Labute approximate surface area is 104 Å². The van der Waals surface area contributed by atoms with Gasteiger partial charge in [-0.15, -0.1) is 0 Å². The molecular formula is C13H15F2N3. The number of benzene rings is 1. The Balaban J connectivity index is 2.47. The number of nitrogens with zero attached hydrogens (tertiary/aromatic N) is 2. The van der Waals surface area contributed by atoms with Crippen LogP contribution >= 0.6 is 0 Å². The molecule has 0 fully saturated rings. The van der Waals surface area contributed by atoms with Crippen LogP contribution in [0, 0.1) is 11.6 Å². The molecule has 0 spiro atoms. The van der Waals surface area contributed by atoms with E-state index in [-0.39, 0.29) is 5.56 Å². The molecule has 18 heavy (non-hydrogen) atoms. The van der Waals surface area contributed by atoms with Gasteiger partial charge in [-0.25, -0.2) is 8.78 Å². The number of hydrogen-bond acceptors (Lipinski definition) is 2. The van der Waals surface area contributed by atoms with Crippen molar-refractivity contribution in [3.05, 3.63) is 53.4 Å². The predicted molar refractivity (Wildman–Crippen MR) is 65.1 cm³/mol. The molecule has 1 unspecified atom stereocenters. The van der Waals surface area contributed by atoms with Gasteiger partial charge in [0, 0.05) is 24.4 Å². The summed E-state index contributed by atoms with van der Waals surface area (Å²) in [5.41, 5.74) is 0.774. The highest BCUT2D eigenvalue weighted by Crippen LogP contribution is 2.26. The number of aromatic nitrogens is 2. The summed E-state index contributed by atoms with van der Waals surface area (Å²) in [7, 11) is 1.77. The van der Waals surface area contributed by atoms with Crippen molar-refractivity contribution in [2.75, 3.05) is 6.54 Å². The summed E-state index contributed by atoms with van der Waals surface area (Å²) in [5.74, 6) is -1.10. The van der Waals surface area contributed by atoms with Crippen molar-refractivity contribution >= 4 is 0 Å². The summed E-state index contributed by atoms with van der Waals surface area (Å²) in [5, 5.41) is 7.11. The van der Waals surface area contributed by atoms with E-state index >= 15 is 0 Å². The third-order valence-electron chi connectivity index (χ3n) is 2.75. The first-order valence-electron chi connectivity index (χ1n) is 5.79. The summed E-state index contributed by atoms with van der Waals surface area (Å²) < 4.78 is 29.2. The lowest BCUT2D eigenvalue weighted by molar-refractivity contribution is 0.510. The molecule has 1 atom stereocenters. The molecule has 0 aliphatic rings. The number of nitrogens with one attached hydrogen (secondary N) is 1. The lowest BCUT2D eigenvalue weighted by Crippen LogP contribution is -2.23. The van der Waals surface area contributed by atoms with E-state index in [0.29, 0.717) is 6.54 Å². The number of hydrogen-bond donors (Lipinski definition) is 1. The summed E-state index contributed by atoms with van der Waals surface area (Å²) >= 11 is 0. The van der Waals surface area contributed by atoms with Crippen LogP contribution < -0.4 is 5.32 Å². The minimum atomic E-state index is -0.551. The van der Waals surface area contributed by atoms with E-state index in [1.54, 1.807) is 24.1 Å². The van der Waals surface area contributed by atoms with Gasteiger partial charge in [0.15, 0.2) is 0 Å².